The van der Waals surface area contributed by atoms with Crippen molar-refractivity contribution < 1.29 is 13.6 Å². The van der Waals surface area contributed by atoms with E-state index in [-0.39, 0.29) is 17.9 Å². The first-order valence-electron chi connectivity index (χ1n) is 10.5. The lowest BCUT2D eigenvalue weighted by molar-refractivity contribution is -0.130. The molecule has 1 aliphatic rings. The molecule has 1 aromatic carbocycles. The Bertz CT molecular complexity index is 807. The van der Waals surface area contributed by atoms with Crippen LogP contribution in [0.15, 0.2) is 47.9 Å². The van der Waals surface area contributed by atoms with Crippen LogP contribution in [-0.2, 0) is 15.9 Å². The fourth-order valence-electron chi connectivity index (χ4n) is 4.35. The summed E-state index contributed by atoms with van der Waals surface area (Å²) in [4.78, 5) is 19.1. The van der Waals surface area contributed by atoms with E-state index in [2.05, 4.69) is 28.3 Å². The van der Waals surface area contributed by atoms with Crippen LogP contribution in [0.3, 0.4) is 0 Å². The smallest absolute Gasteiger partial charge is 0.222 e. The molecule has 1 saturated heterocycles. The van der Waals surface area contributed by atoms with Gasteiger partial charge in [0.15, 0.2) is 11.1 Å². The van der Waals surface area contributed by atoms with Gasteiger partial charge in [0.05, 0.1) is 11.2 Å². The zero-order chi connectivity index (χ0) is 20.8. The third kappa shape index (κ3) is 5.54. The van der Waals surface area contributed by atoms with Gasteiger partial charge in [0.25, 0.3) is 0 Å². The van der Waals surface area contributed by atoms with Crippen LogP contribution in [0.5, 0.6) is 0 Å². The van der Waals surface area contributed by atoms with Crippen molar-refractivity contribution in [3.63, 3.8) is 0 Å². The van der Waals surface area contributed by atoms with E-state index < -0.39 is 11.1 Å². The van der Waals surface area contributed by atoms with E-state index in [1.807, 2.05) is 30.9 Å². The number of hydrogen-bond donors (Lipinski definition) is 1. The predicted molar refractivity (Wildman–Crippen MR) is 114 cm³/mol. The van der Waals surface area contributed by atoms with Gasteiger partial charge in [0, 0.05) is 37.4 Å². The van der Waals surface area contributed by atoms with E-state index in [0.717, 1.165) is 44.2 Å². The predicted octanol–water partition coefficient (Wildman–Crippen LogP) is 4.38. The second-order valence-electron chi connectivity index (χ2n) is 7.95. The molecule has 1 aromatic heterocycles. The zero-order valence-electron chi connectivity index (χ0n) is 17.2. The molecule has 7 heteroatoms. The van der Waals surface area contributed by atoms with Crippen LogP contribution in [-0.4, -0.2) is 41.7 Å². The molecule has 158 valence electrons. The maximum atomic E-state index is 12.4. The van der Waals surface area contributed by atoms with Crippen molar-refractivity contribution in [2.24, 2.45) is 0 Å². The summed E-state index contributed by atoms with van der Waals surface area (Å²) in [7, 11) is 0. The molecule has 0 radical (unpaired) electrons. The molecule has 4 unspecified atom stereocenters. The van der Waals surface area contributed by atoms with E-state index >= 15 is 0 Å². The number of nitrogens with zero attached hydrogens (tertiary/aromatic N) is 3. The molecule has 29 heavy (non-hydrogen) atoms. The molecular weight excluding hydrogens is 386 g/mol. The Hall–Kier alpha value is -1.99. The summed E-state index contributed by atoms with van der Waals surface area (Å²) in [6.07, 6.45) is 11.2. The lowest BCUT2D eigenvalue weighted by Gasteiger charge is -2.31. The minimum absolute atomic E-state index is 0.212. The molecule has 6 nitrogen and oxygen atoms in total. The van der Waals surface area contributed by atoms with E-state index in [1.54, 1.807) is 12.1 Å². The molecular formula is C22H31N3O3S. The van der Waals surface area contributed by atoms with E-state index in [9.17, 15) is 13.6 Å². The van der Waals surface area contributed by atoms with Crippen LogP contribution >= 0.6 is 0 Å². The molecule has 1 aliphatic heterocycles. The van der Waals surface area contributed by atoms with Gasteiger partial charge in [0.1, 0.15) is 0 Å². The lowest BCUT2D eigenvalue weighted by atomic mass is 9.90. The Morgan fingerprint density at radius 1 is 1.21 bits per heavy atom. The normalized spacial score (nSPS) is 18.6. The van der Waals surface area contributed by atoms with E-state index in [1.165, 1.54) is 0 Å². The Morgan fingerprint density at radius 2 is 1.93 bits per heavy atom. The molecule has 1 amide bonds. The average molecular weight is 418 g/mol. The van der Waals surface area contributed by atoms with Gasteiger partial charge < -0.3 is 14.0 Å². The Labute approximate surface area is 175 Å². The van der Waals surface area contributed by atoms with Gasteiger partial charge in [0.2, 0.25) is 5.91 Å². The van der Waals surface area contributed by atoms with Crippen molar-refractivity contribution in [1.29, 1.82) is 0 Å². The fourth-order valence-corrected chi connectivity index (χ4v) is 4.72. The van der Waals surface area contributed by atoms with Crippen molar-refractivity contribution in [2.75, 3.05) is 6.54 Å². The van der Waals surface area contributed by atoms with Crippen LogP contribution in [0.25, 0.3) is 0 Å². The summed E-state index contributed by atoms with van der Waals surface area (Å²) in [5.74, 6) is 0.534. The maximum Gasteiger partial charge on any atom is 0.222 e. The van der Waals surface area contributed by atoms with Crippen LogP contribution in [0.1, 0.15) is 69.9 Å². The number of carbonyl (C=O) groups is 1. The summed E-state index contributed by atoms with van der Waals surface area (Å²) < 4.78 is 22.6. The molecule has 0 spiro atoms. The van der Waals surface area contributed by atoms with Gasteiger partial charge in [-0.3, -0.25) is 4.79 Å². The molecule has 0 bridgehead atoms. The first-order valence-corrected chi connectivity index (χ1v) is 11.6. The minimum atomic E-state index is -1.95. The number of rotatable bonds is 10. The minimum Gasteiger partial charge on any atom is -0.340 e. The number of imidazole rings is 1. The highest BCUT2D eigenvalue weighted by Gasteiger charge is 2.29. The van der Waals surface area contributed by atoms with Crippen LogP contribution in [0, 0.1) is 0 Å². The molecule has 3 rings (SSSR count). The number of aromatic nitrogens is 2. The zero-order valence-corrected chi connectivity index (χ0v) is 18.1. The molecule has 0 aliphatic carbocycles. The number of hydrogen-bond acceptors (Lipinski definition) is 3. The highest BCUT2D eigenvalue weighted by Crippen LogP contribution is 2.30. The Kier molecular flexibility index (Phi) is 7.61. The fraction of sp³-hybridized carbons (Fsp3) is 0.545. The van der Waals surface area contributed by atoms with Crippen LogP contribution in [0.2, 0.25) is 0 Å². The highest BCUT2D eigenvalue weighted by molar-refractivity contribution is 7.79. The molecule has 0 saturated carbocycles. The van der Waals surface area contributed by atoms with Crippen molar-refractivity contribution >= 4 is 17.0 Å². The molecule has 2 aromatic rings. The largest absolute Gasteiger partial charge is 0.340 e. The topological polar surface area (TPSA) is 75.4 Å². The quantitative estimate of drug-likeness (QED) is 0.582. The van der Waals surface area contributed by atoms with E-state index in [0.29, 0.717) is 17.4 Å². The summed E-state index contributed by atoms with van der Waals surface area (Å²) in [6, 6.07) is 7.89. The van der Waals surface area contributed by atoms with Crippen molar-refractivity contribution in [3.05, 3.63) is 48.5 Å². The summed E-state index contributed by atoms with van der Waals surface area (Å²) in [5, 5.41) is 0. The van der Waals surface area contributed by atoms with Gasteiger partial charge in [-0.15, -0.1) is 0 Å². The first kappa shape index (κ1) is 21.7. The molecule has 1 fully saturated rings. The van der Waals surface area contributed by atoms with Crippen LogP contribution in [0.4, 0.5) is 0 Å². The van der Waals surface area contributed by atoms with E-state index in [4.69, 9.17) is 0 Å². The third-order valence-corrected chi connectivity index (χ3v) is 6.75. The lowest BCUT2D eigenvalue weighted by Crippen LogP contribution is -2.37. The SMILES string of the molecule is CCC(CCC(CC(C)c1ccc(S(=O)O)cc1)N1CCCC1=O)n1ccnc1. The number of likely N-dealkylation sites (tertiary alicyclic amines) is 1. The number of amides is 1. The monoisotopic (exact) mass is 417 g/mol. The van der Waals surface area contributed by atoms with Gasteiger partial charge in [-0.25, -0.2) is 9.19 Å². The molecule has 2 heterocycles. The molecule has 4 atom stereocenters. The van der Waals surface area contributed by atoms with Gasteiger partial charge in [-0.2, -0.15) is 0 Å². The number of carbonyl (C=O) groups excluding carboxylic acids is 1. The van der Waals surface area contributed by atoms with Crippen molar-refractivity contribution in [2.45, 2.75) is 75.3 Å². The second kappa shape index (κ2) is 10.2. The van der Waals surface area contributed by atoms with Gasteiger partial charge >= 0.3 is 0 Å². The number of benzene rings is 1. The summed E-state index contributed by atoms with van der Waals surface area (Å²) >= 11 is -1.95. The average Bonchev–Trinajstić information content (AvgIpc) is 3.39. The maximum absolute atomic E-state index is 12.4. The van der Waals surface area contributed by atoms with Crippen molar-refractivity contribution in [1.82, 2.24) is 14.5 Å². The summed E-state index contributed by atoms with van der Waals surface area (Å²) in [5.41, 5.74) is 1.14. The van der Waals surface area contributed by atoms with Gasteiger partial charge in [-0.05, 0) is 55.7 Å². The second-order valence-corrected chi connectivity index (χ2v) is 8.92. The third-order valence-electron chi connectivity index (χ3n) is 6.08. The summed E-state index contributed by atoms with van der Waals surface area (Å²) in [6.45, 7) is 5.21. The Balaban J connectivity index is 1.69. The van der Waals surface area contributed by atoms with Crippen molar-refractivity contribution in [3.8, 4) is 0 Å². The standard InChI is InChI=1S/C22H31N3O3S/c1-3-19(24-14-12-23-16-24)8-9-20(25-13-4-5-22(25)26)15-17(2)18-6-10-21(11-7-18)29(27)28/h6-7,10-12,14,16-17,19-20H,3-5,8-9,13,15H2,1-2H3,(H,27,28). The first-order chi connectivity index (χ1) is 14.0. The van der Waals surface area contributed by atoms with Crippen LogP contribution < -0.4 is 0 Å². The Morgan fingerprint density at radius 3 is 2.48 bits per heavy atom. The molecule has 1 N–H and O–H groups in total. The highest BCUT2D eigenvalue weighted by atomic mass is 32.2. The van der Waals surface area contributed by atoms with Gasteiger partial charge in [-0.1, -0.05) is 26.0 Å².